The van der Waals surface area contributed by atoms with Gasteiger partial charge in [-0.25, -0.2) is 0 Å². The first kappa shape index (κ1) is 10.9. The monoisotopic (exact) mass is 231 g/mol. The van der Waals surface area contributed by atoms with Crippen molar-refractivity contribution in [2.24, 2.45) is 0 Å². The van der Waals surface area contributed by atoms with Crippen molar-refractivity contribution in [2.75, 3.05) is 0 Å². The molecule has 1 aromatic heterocycles. The van der Waals surface area contributed by atoms with Crippen LogP contribution in [0, 0.1) is 12.3 Å². The second kappa shape index (κ2) is 4.10. The Kier molecular flexibility index (Phi) is 2.79. The number of aromatic hydroxyl groups is 1. The van der Waals surface area contributed by atoms with Crippen LogP contribution in [-0.4, -0.2) is 10.8 Å². The van der Waals surface area contributed by atoms with Crippen LogP contribution >= 0.6 is 11.3 Å². The average Bonchev–Trinajstić information content (AvgIpc) is 2.61. The highest BCUT2D eigenvalue weighted by Crippen LogP contribution is 2.38. The molecular weight excluding hydrogens is 218 g/mol. The molecule has 0 amide bonds. The van der Waals surface area contributed by atoms with Crippen molar-refractivity contribution in [3.8, 4) is 16.2 Å². The third-order valence-corrected chi connectivity index (χ3v) is 3.50. The quantitative estimate of drug-likeness (QED) is 0.758. The Balaban J connectivity index is 2.49. The molecule has 16 heavy (non-hydrogen) atoms. The summed E-state index contributed by atoms with van der Waals surface area (Å²) >= 11 is 1.47. The van der Waals surface area contributed by atoms with Crippen molar-refractivity contribution in [1.29, 1.82) is 5.41 Å². The van der Waals surface area contributed by atoms with Gasteiger partial charge in [0.25, 0.3) is 0 Å². The predicted octanol–water partition coefficient (Wildman–Crippen LogP) is 3.82. The van der Waals surface area contributed by atoms with Gasteiger partial charge < -0.3 is 10.5 Å². The molecule has 0 fully saturated rings. The molecule has 3 heteroatoms. The number of benzene rings is 1. The van der Waals surface area contributed by atoms with Crippen LogP contribution in [0.1, 0.15) is 18.1 Å². The van der Waals surface area contributed by atoms with Gasteiger partial charge in [0.2, 0.25) is 0 Å². The number of rotatable bonds is 2. The normalized spacial score (nSPS) is 10.4. The minimum Gasteiger partial charge on any atom is -0.506 e. The molecule has 2 nitrogen and oxygen atoms in total. The molecule has 0 aliphatic rings. The molecule has 0 spiro atoms. The largest absolute Gasteiger partial charge is 0.506 e. The molecule has 82 valence electrons. The van der Waals surface area contributed by atoms with Crippen molar-refractivity contribution in [3.05, 3.63) is 40.8 Å². The zero-order chi connectivity index (χ0) is 11.7. The Morgan fingerprint density at radius 1 is 1.25 bits per heavy atom. The van der Waals surface area contributed by atoms with Gasteiger partial charge in [0.1, 0.15) is 5.75 Å². The van der Waals surface area contributed by atoms with E-state index >= 15 is 0 Å². The van der Waals surface area contributed by atoms with Gasteiger partial charge in [-0.2, -0.15) is 0 Å². The van der Waals surface area contributed by atoms with Gasteiger partial charge in [-0.1, -0.05) is 29.8 Å². The van der Waals surface area contributed by atoms with Crippen LogP contribution in [0.5, 0.6) is 5.75 Å². The van der Waals surface area contributed by atoms with E-state index < -0.39 is 0 Å². The highest BCUT2D eigenvalue weighted by Gasteiger charge is 2.13. The summed E-state index contributed by atoms with van der Waals surface area (Å²) in [5.74, 6) is 0.223. The lowest BCUT2D eigenvalue weighted by Gasteiger charge is -2.01. The topological polar surface area (TPSA) is 44.1 Å². The molecule has 0 aliphatic carbocycles. The summed E-state index contributed by atoms with van der Waals surface area (Å²) in [5.41, 5.74) is 3.22. The first-order chi connectivity index (χ1) is 7.59. The fourth-order valence-corrected chi connectivity index (χ4v) is 2.55. The van der Waals surface area contributed by atoms with Gasteiger partial charge in [-0.3, -0.25) is 0 Å². The SMILES string of the molecule is CC(=N)c1csc(-c2ccc(C)cc2)c1O. The van der Waals surface area contributed by atoms with Crippen LogP contribution in [0.2, 0.25) is 0 Å². The van der Waals surface area contributed by atoms with Crippen molar-refractivity contribution in [1.82, 2.24) is 0 Å². The zero-order valence-electron chi connectivity index (χ0n) is 9.24. The van der Waals surface area contributed by atoms with Crippen molar-refractivity contribution >= 4 is 17.0 Å². The zero-order valence-corrected chi connectivity index (χ0v) is 10.1. The molecule has 1 aromatic carbocycles. The van der Waals surface area contributed by atoms with E-state index in [2.05, 4.69) is 0 Å². The summed E-state index contributed by atoms with van der Waals surface area (Å²) in [6, 6.07) is 8.02. The van der Waals surface area contributed by atoms with E-state index in [1.165, 1.54) is 16.9 Å². The summed E-state index contributed by atoms with van der Waals surface area (Å²) in [6.07, 6.45) is 0. The maximum Gasteiger partial charge on any atom is 0.143 e. The van der Waals surface area contributed by atoms with E-state index in [1.807, 2.05) is 36.6 Å². The van der Waals surface area contributed by atoms with Crippen molar-refractivity contribution in [3.63, 3.8) is 0 Å². The minimum absolute atomic E-state index is 0.223. The van der Waals surface area contributed by atoms with E-state index in [-0.39, 0.29) is 5.75 Å². The van der Waals surface area contributed by atoms with Gasteiger partial charge >= 0.3 is 0 Å². The second-order valence-corrected chi connectivity index (χ2v) is 4.70. The average molecular weight is 231 g/mol. The molecule has 2 N–H and O–H groups in total. The number of hydrogen-bond donors (Lipinski definition) is 2. The van der Waals surface area contributed by atoms with Crippen LogP contribution in [0.3, 0.4) is 0 Å². The number of nitrogens with one attached hydrogen (secondary N) is 1. The molecule has 0 atom stereocenters. The molecule has 0 aliphatic heterocycles. The summed E-state index contributed by atoms with van der Waals surface area (Å²) in [4.78, 5) is 0.835. The summed E-state index contributed by atoms with van der Waals surface area (Å²) < 4.78 is 0. The Morgan fingerprint density at radius 2 is 1.88 bits per heavy atom. The van der Waals surface area contributed by atoms with E-state index in [0.717, 1.165) is 10.4 Å². The van der Waals surface area contributed by atoms with E-state index in [9.17, 15) is 5.11 Å². The van der Waals surface area contributed by atoms with Gasteiger partial charge in [0.05, 0.1) is 4.88 Å². The fourth-order valence-electron chi connectivity index (χ4n) is 1.53. The van der Waals surface area contributed by atoms with E-state index in [0.29, 0.717) is 11.3 Å². The van der Waals surface area contributed by atoms with Gasteiger partial charge in [-0.05, 0) is 19.4 Å². The first-order valence-electron chi connectivity index (χ1n) is 5.02. The Bertz CT molecular complexity index is 525. The Hall–Kier alpha value is -1.61. The molecule has 2 rings (SSSR count). The molecule has 0 radical (unpaired) electrons. The highest BCUT2D eigenvalue weighted by atomic mass is 32.1. The van der Waals surface area contributed by atoms with Crippen LogP contribution in [0.15, 0.2) is 29.6 Å². The molecule has 1 heterocycles. The standard InChI is InChI=1S/C13H13NOS/c1-8-3-5-10(6-4-8)13-12(15)11(7-16-13)9(2)14/h3-7,14-15H,1-2H3. The lowest BCUT2D eigenvalue weighted by Crippen LogP contribution is -1.88. The molecule has 0 saturated heterocycles. The fraction of sp³-hybridized carbons (Fsp3) is 0.154. The number of hydrogen-bond acceptors (Lipinski definition) is 3. The third-order valence-electron chi connectivity index (χ3n) is 2.48. The summed E-state index contributed by atoms with van der Waals surface area (Å²) in [5, 5.41) is 19.4. The second-order valence-electron chi connectivity index (χ2n) is 3.82. The minimum atomic E-state index is 0.223. The number of thiophene rings is 1. The maximum atomic E-state index is 9.99. The molecule has 2 aromatic rings. The third kappa shape index (κ3) is 1.86. The van der Waals surface area contributed by atoms with Crippen LogP contribution in [0.4, 0.5) is 0 Å². The Labute approximate surface area is 98.7 Å². The highest BCUT2D eigenvalue weighted by molar-refractivity contribution is 7.14. The molecule has 0 saturated carbocycles. The maximum absolute atomic E-state index is 9.99. The van der Waals surface area contributed by atoms with Gasteiger partial charge in [0.15, 0.2) is 0 Å². The van der Waals surface area contributed by atoms with Crippen molar-refractivity contribution in [2.45, 2.75) is 13.8 Å². The smallest absolute Gasteiger partial charge is 0.143 e. The predicted molar refractivity (Wildman–Crippen MR) is 68.7 cm³/mol. The van der Waals surface area contributed by atoms with E-state index in [1.54, 1.807) is 6.92 Å². The Morgan fingerprint density at radius 3 is 2.38 bits per heavy atom. The molecular formula is C13H13NOS. The van der Waals surface area contributed by atoms with Crippen molar-refractivity contribution < 1.29 is 5.11 Å². The van der Waals surface area contributed by atoms with Gasteiger partial charge in [0, 0.05) is 16.7 Å². The van der Waals surface area contributed by atoms with Crippen LogP contribution < -0.4 is 0 Å². The van der Waals surface area contributed by atoms with Crippen LogP contribution in [-0.2, 0) is 0 Å². The van der Waals surface area contributed by atoms with E-state index in [4.69, 9.17) is 5.41 Å². The lowest BCUT2D eigenvalue weighted by atomic mass is 10.1. The molecule has 0 bridgehead atoms. The first-order valence-corrected chi connectivity index (χ1v) is 5.90. The number of aryl methyl sites for hydroxylation is 1. The van der Waals surface area contributed by atoms with Crippen LogP contribution in [0.25, 0.3) is 10.4 Å². The summed E-state index contributed by atoms with van der Waals surface area (Å²) in [6.45, 7) is 3.71. The summed E-state index contributed by atoms with van der Waals surface area (Å²) in [7, 11) is 0. The van der Waals surface area contributed by atoms with Gasteiger partial charge in [-0.15, -0.1) is 11.3 Å². The molecule has 0 unspecified atom stereocenters. The lowest BCUT2D eigenvalue weighted by molar-refractivity contribution is 0.478.